The molecule has 0 aliphatic carbocycles. The number of carboxylic acids is 1. The number of para-hydroxylation sites is 2. The zero-order chi connectivity index (χ0) is 38.4. The summed E-state index contributed by atoms with van der Waals surface area (Å²) in [6.07, 6.45) is 0. The maximum absolute atomic E-state index is 12.6. The van der Waals surface area contributed by atoms with E-state index in [2.05, 4.69) is 30.7 Å². The molecule has 0 atom stereocenters. The Morgan fingerprint density at radius 2 is 1.39 bits per heavy atom. The second-order valence-corrected chi connectivity index (χ2v) is 12.2. The number of nitrogens with zero attached hydrogens (tertiary/aromatic N) is 8. The quantitative estimate of drug-likeness (QED) is 0.0907. The van der Waals surface area contributed by atoms with Crippen LogP contribution < -0.4 is 20.9 Å². The van der Waals surface area contributed by atoms with Crippen LogP contribution in [-0.2, 0) is 27.5 Å². The van der Waals surface area contributed by atoms with E-state index in [0.29, 0.717) is 29.2 Å². The molecular weight excluding hydrogens is 766 g/mol. The van der Waals surface area contributed by atoms with E-state index in [4.69, 9.17) is 4.55 Å². The van der Waals surface area contributed by atoms with Gasteiger partial charge in [-0.1, -0.05) is 60.3 Å². The minimum Gasteiger partial charge on any atom is -0.870 e. The number of rotatable bonds is 9. The van der Waals surface area contributed by atoms with Gasteiger partial charge in [0.2, 0.25) is 0 Å². The van der Waals surface area contributed by atoms with Crippen LogP contribution in [0.15, 0.2) is 127 Å². The zero-order valence-corrected chi connectivity index (χ0v) is 29.8. The maximum Gasteiger partial charge on any atom is 3.00 e. The average Bonchev–Trinajstić information content (AvgIpc) is 3.59. The molecule has 4 aromatic carbocycles. The summed E-state index contributed by atoms with van der Waals surface area (Å²) in [5.74, 6) is -3.07. The predicted molar refractivity (Wildman–Crippen MR) is 180 cm³/mol. The number of nitro groups is 1. The number of aromatic amines is 1. The molecule has 21 heteroatoms. The Bertz CT molecular complexity index is 2570. The number of aromatic nitrogens is 4. The van der Waals surface area contributed by atoms with Gasteiger partial charge in [0, 0.05) is 23.6 Å². The van der Waals surface area contributed by atoms with Crippen LogP contribution in [0.3, 0.4) is 0 Å². The number of carbonyl (C=O) groups excluding carboxylic acids is 1. The number of aromatic carboxylic acids is 1. The Morgan fingerprint density at radius 1 is 0.833 bits per heavy atom. The molecule has 19 nitrogen and oxygen atoms in total. The first kappa shape index (κ1) is 40.0. The van der Waals surface area contributed by atoms with Crippen molar-refractivity contribution in [1.29, 1.82) is 0 Å². The largest absolute Gasteiger partial charge is 3.00 e. The molecule has 273 valence electrons. The van der Waals surface area contributed by atoms with Gasteiger partial charge in [-0.05, 0) is 44.2 Å². The van der Waals surface area contributed by atoms with Crippen LogP contribution in [0.5, 0.6) is 11.6 Å². The molecule has 0 spiro atoms. The number of carboxylic acid groups (broad SMARTS) is 1. The summed E-state index contributed by atoms with van der Waals surface area (Å²) in [6.45, 7) is 3.16. The molecule has 0 saturated carbocycles. The molecule has 0 unspecified atom stereocenters. The van der Waals surface area contributed by atoms with Gasteiger partial charge in [-0.3, -0.25) is 24.6 Å². The fraction of sp³-hybridized carbons (Fsp3) is 0.0606. The van der Waals surface area contributed by atoms with Crippen molar-refractivity contribution in [3.63, 3.8) is 0 Å². The van der Waals surface area contributed by atoms with Crippen LogP contribution in [0.25, 0.3) is 11.4 Å². The topological polar surface area (TPSA) is 289 Å². The van der Waals surface area contributed by atoms with E-state index in [-0.39, 0.29) is 45.7 Å². The molecule has 0 aliphatic rings. The number of hydrogen-bond donors (Lipinski definition) is 2. The standard InChI is InChI=1S/C17H14N4O3.C16H13N5O7S.Cr/c1-11-15(16(22)21(20-11)12-7-3-2-4-8-12)19-18-14-10-6-5-9-13(14)17(23)24;1-9-14(16(23)20(19-9)10-5-3-2-4-6-10)18-17-12-7-11(21(24)25)8-13(15(12)22)29(26,27)28;/h2-10,22H,1H3,(H,23,24);2-8,19,22H,1H3,(H,26,27,28);/q;;+3/p-3. The van der Waals surface area contributed by atoms with Gasteiger partial charge >= 0.3 is 17.4 Å². The summed E-state index contributed by atoms with van der Waals surface area (Å²) in [4.78, 5) is 32.4. The second-order valence-electron chi connectivity index (χ2n) is 10.8. The van der Waals surface area contributed by atoms with E-state index in [9.17, 15) is 43.4 Å². The Morgan fingerprint density at radius 3 is 1.98 bits per heavy atom. The van der Waals surface area contributed by atoms with E-state index in [1.807, 2.05) is 6.07 Å². The third kappa shape index (κ3) is 8.80. The van der Waals surface area contributed by atoms with E-state index in [1.165, 1.54) is 28.4 Å². The van der Waals surface area contributed by atoms with Gasteiger partial charge in [-0.2, -0.15) is 18.6 Å². The summed E-state index contributed by atoms with van der Waals surface area (Å²) >= 11 is 0. The van der Waals surface area contributed by atoms with Crippen LogP contribution in [0.1, 0.15) is 21.7 Å². The molecule has 0 saturated heterocycles. The van der Waals surface area contributed by atoms with E-state index in [0.717, 1.165) is 0 Å². The third-order valence-corrected chi connectivity index (χ3v) is 8.05. The van der Waals surface area contributed by atoms with Gasteiger partial charge in [-0.25, -0.2) is 9.36 Å². The van der Waals surface area contributed by atoms with Gasteiger partial charge in [0.1, 0.15) is 5.69 Å². The number of hydrogen-bond acceptors (Lipinski definition) is 14. The van der Waals surface area contributed by atoms with Crippen molar-refractivity contribution >= 4 is 44.5 Å². The molecule has 0 bridgehead atoms. The van der Waals surface area contributed by atoms with Gasteiger partial charge in [0.15, 0.2) is 5.69 Å². The van der Waals surface area contributed by atoms with Gasteiger partial charge in [-0.15, -0.1) is 15.3 Å². The van der Waals surface area contributed by atoms with E-state index < -0.39 is 54.5 Å². The van der Waals surface area contributed by atoms with Crippen molar-refractivity contribution in [2.75, 3.05) is 0 Å². The van der Waals surface area contributed by atoms with Crippen LogP contribution >= 0.6 is 0 Å². The van der Waals surface area contributed by atoms with Crippen LogP contribution in [0.4, 0.5) is 28.4 Å². The minimum atomic E-state index is -5.03. The Kier molecular flexibility index (Phi) is 12.4. The van der Waals surface area contributed by atoms with Crippen molar-refractivity contribution in [2.24, 2.45) is 20.5 Å². The van der Waals surface area contributed by atoms with Gasteiger partial charge in [0.05, 0.1) is 49.9 Å². The number of non-ortho nitro benzene ring substituents is 1. The molecule has 0 amide bonds. The molecule has 6 aromatic rings. The summed E-state index contributed by atoms with van der Waals surface area (Å²) in [6, 6.07) is 24.6. The smallest absolute Gasteiger partial charge is 0.870 e. The predicted octanol–water partition coefficient (Wildman–Crippen LogP) is 4.15. The van der Waals surface area contributed by atoms with Crippen LogP contribution in [0.2, 0.25) is 0 Å². The average molecular weight is 791 g/mol. The van der Waals surface area contributed by atoms with Gasteiger partial charge < -0.3 is 20.1 Å². The Labute approximate surface area is 315 Å². The number of aryl methyl sites for hydroxylation is 2. The number of azo groups is 2. The minimum absolute atomic E-state index is 0. The first-order valence-electron chi connectivity index (χ1n) is 15.0. The molecule has 2 aromatic heterocycles. The summed E-state index contributed by atoms with van der Waals surface area (Å²) in [7, 11) is -5.03. The molecule has 54 heavy (non-hydrogen) atoms. The molecule has 2 heterocycles. The summed E-state index contributed by atoms with van der Waals surface area (Å²) < 4.78 is 34.2. The van der Waals surface area contributed by atoms with Crippen molar-refractivity contribution in [1.82, 2.24) is 19.6 Å². The molecular formula is C33H24CrN9O10S. The maximum atomic E-state index is 12.6. The summed E-state index contributed by atoms with van der Waals surface area (Å²) in [5.41, 5.74) is -0.417. The number of nitro benzene ring substituents is 1. The number of nitrogens with one attached hydrogen (secondary N) is 1. The first-order valence-corrected chi connectivity index (χ1v) is 16.4. The number of H-pyrrole nitrogens is 1. The van der Waals surface area contributed by atoms with E-state index in [1.54, 1.807) is 73.7 Å². The Hall–Kier alpha value is -6.79. The first-order chi connectivity index (χ1) is 25.2. The van der Waals surface area contributed by atoms with Crippen molar-refractivity contribution in [3.8, 4) is 23.0 Å². The monoisotopic (exact) mass is 790 g/mol. The molecule has 1 radical (unpaired) electrons. The van der Waals surface area contributed by atoms with Gasteiger partial charge in [0.25, 0.3) is 21.4 Å². The van der Waals surface area contributed by atoms with Crippen molar-refractivity contribution in [2.45, 2.75) is 18.7 Å². The second kappa shape index (κ2) is 16.7. The fourth-order valence-corrected chi connectivity index (χ4v) is 5.27. The normalized spacial score (nSPS) is 11.2. The van der Waals surface area contributed by atoms with E-state index >= 15 is 0 Å². The van der Waals surface area contributed by atoms with Crippen LogP contribution in [0, 0.1) is 24.0 Å². The SMILES string of the molecule is Cc1[nH]n(-c2ccccc2)c(=O)c1N=Nc1cc([N+](=O)[O-])cc(S(=O)(=O)O)c1[O-].Cc1nn(-c2ccccc2)c([O-])c1N=Nc1ccccc1C(=O)[O-].[Cr+3]. The molecule has 0 aliphatic heterocycles. The molecule has 6 rings (SSSR count). The summed E-state index contributed by atoms with van der Waals surface area (Å²) in [5, 5.41) is 68.6. The third-order valence-electron chi connectivity index (χ3n) is 7.19. The van der Waals surface area contributed by atoms with Crippen molar-refractivity contribution in [3.05, 3.63) is 134 Å². The fourth-order valence-electron chi connectivity index (χ4n) is 4.66. The molecule has 2 N–H and O–H groups in total. The molecule has 0 fully saturated rings. The Balaban J connectivity index is 0.000000240. The number of carbonyl (C=O) groups is 1. The van der Waals surface area contributed by atoms with Crippen molar-refractivity contribution < 1.29 is 55.4 Å². The van der Waals surface area contributed by atoms with Crippen LogP contribution in [-0.4, -0.2) is 43.4 Å². The number of benzene rings is 4. The zero-order valence-electron chi connectivity index (χ0n) is 27.8.